The van der Waals surface area contributed by atoms with Crippen LogP contribution < -0.4 is 0 Å². The molecule has 152 valence electrons. The Balaban J connectivity index is 1.57. The van der Waals surface area contributed by atoms with Crippen LogP contribution in [0.4, 0.5) is 0 Å². The molecular formula is C18H29N3O5S. The molecule has 2 fully saturated rings. The molecule has 0 spiro atoms. The van der Waals surface area contributed by atoms with Crippen LogP contribution in [0.3, 0.4) is 0 Å². The van der Waals surface area contributed by atoms with E-state index in [1.54, 1.807) is 0 Å². The predicted octanol–water partition coefficient (Wildman–Crippen LogP) is 2.91. The van der Waals surface area contributed by atoms with E-state index in [-0.39, 0.29) is 24.6 Å². The highest BCUT2D eigenvalue weighted by Crippen LogP contribution is 2.31. The number of hydrogen-bond donors (Lipinski definition) is 1. The fourth-order valence-electron chi connectivity index (χ4n) is 4.18. The molecular weight excluding hydrogens is 370 g/mol. The lowest BCUT2D eigenvalue weighted by Gasteiger charge is -2.21. The summed E-state index contributed by atoms with van der Waals surface area (Å²) in [6, 6.07) is 0. The van der Waals surface area contributed by atoms with Gasteiger partial charge in [-0.1, -0.05) is 50.1 Å². The van der Waals surface area contributed by atoms with Crippen LogP contribution in [-0.4, -0.2) is 46.2 Å². The van der Waals surface area contributed by atoms with Crippen molar-refractivity contribution in [1.82, 2.24) is 14.4 Å². The van der Waals surface area contributed by atoms with Gasteiger partial charge < -0.3 is 9.63 Å². The maximum Gasteiger partial charge on any atom is 0.304 e. The monoisotopic (exact) mass is 399 g/mol. The van der Waals surface area contributed by atoms with E-state index in [0.29, 0.717) is 31.1 Å². The fraction of sp³-hybridized carbons (Fsp3) is 0.833. The second-order valence-electron chi connectivity index (χ2n) is 7.78. The highest BCUT2D eigenvalue weighted by molar-refractivity contribution is 7.89. The summed E-state index contributed by atoms with van der Waals surface area (Å²) in [4.78, 5) is 15.6. The zero-order valence-electron chi connectivity index (χ0n) is 15.7. The molecule has 0 bridgehead atoms. The number of carboxylic acids is 1. The molecule has 1 saturated carbocycles. The van der Waals surface area contributed by atoms with E-state index in [2.05, 4.69) is 10.1 Å². The van der Waals surface area contributed by atoms with E-state index in [9.17, 15) is 18.3 Å². The van der Waals surface area contributed by atoms with E-state index >= 15 is 0 Å². The van der Waals surface area contributed by atoms with Gasteiger partial charge in [0, 0.05) is 12.5 Å². The highest BCUT2D eigenvalue weighted by atomic mass is 32.2. The average molecular weight is 400 g/mol. The van der Waals surface area contributed by atoms with Gasteiger partial charge in [-0.2, -0.15) is 9.29 Å². The lowest BCUT2D eigenvalue weighted by atomic mass is 9.84. The molecule has 0 aromatic carbocycles. The number of hydrogen-bond acceptors (Lipinski definition) is 6. The Bertz CT molecular complexity index is 727. The molecule has 2 aliphatic rings. The van der Waals surface area contributed by atoms with Crippen LogP contribution in [0.1, 0.15) is 81.8 Å². The maximum absolute atomic E-state index is 11.9. The maximum atomic E-state index is 11.9. The van der Waals surface area contributed by atoms with Crippen LogP contribution in [0.2, 0.25) is 0 Å². The van der Waals surface area contributed by atoms with E-state index in [1.807, 2.05) is 0 Å². The molecule has 1 atom stereocenters. The molecule has 0 radical (unpaired) electrons. The van der Waals surface area contributed by atoms with Gasteiger partial charge >= 0.3 is 5.97 Å². The minimum atomic E-state index is -3.22. The van der Waals surface area contributed by atoms with Gasteiger partial charge in [0.2, 0.25) is 15.9 Å². The van der Waals surface area contributed by atoms with Crippen molar-refractivity contribution < 1.29 is 22.8 Å². The summed E-state index contributed by atoms with van der Waals surface area (Å²) in [7, 11) is -3.22. The van der Waals surface area contributed by atoms with E-state index < -0.39 is 16.0 Å². The Morgan fingerprint density at radius 1 is 1.26 bits per heavy atom. The Kier molecular flexibility index (Phi) is 6.86. The van der Waals surface area contributed by atoms with Crippen LogP contribution in [0, 0.1) is 5.92 Å². The third kappa shape index (κ3) is 5.75. The number of carboxylic acid groups (broad SMARTS) is 1. The molecule has 1 aliphatic carbocycles. The minimum absolute atomic E-state index is 0.0473. The third-order valence-corrected chi connectivity index (χ3v) is 7.57. The Labute approximate surface area is 160 Å². The predicted molar refractivity (Wildman–Crippen MR) is 98.5 cm³/mol. The Morgan fingerprint density at radius 2 is 2.04 bits per heavy atom. The number of nitrogens with zero attached hydrogens (tertiary/aromatic N) is 3. The van der Waals surface area contributed by atoms with Crippen molar-refractivity contribution in [3.05, 3.63) is 11.7 Å². The summed E-state index contributed by atoms with van der Waals surface area (Å²) >= 11 is 0. The number of aliphatic carboxylic acids is 1. The normalized spacial score (nSPS) is 22.1. The van der Waals surface area contributed by atoms with E-state index in [4.69, 9.17) is 4.52 Å². The third-order valence-electron chi connectivity index (χ3n) is 5.66. The minimum Gasteiger partial charge on any atom is -0.481 e. The molecule has 8 nitrogen and oxygen atoms in total. The van der Waals surface area contributed by atoms with Gasteiger partial charge in [0.05, 0.1) is 18.7 Å². The molecule has 1 saturated heterocycles. The summed E-state index contributed by atoms with van der Waals surface area (Å²) in [6.07, 6.45) is 9.80. The second-order valence-corrected chi connectivity index (χ2v) is 9.87. The molecule has 1 aromatic rings. The van der Waals surface area contributed by atoms with Crippen LogP contribution in [0.5, 0.6) is 0 Å². The summed E-state index contributed by atoms with van der Waals surface area (Å²) in [5.41, 5.74) is 0. The van der Waals surface area contributed by atoms with E-state index in [0.717, 1.165) is 18.8 Å². The molecule has 0 unspecified atom stereocenters. The smallest absolute Gasteiger partial charge is 0.304 e. The molecule has 9 heteroatoms. The zero-order valence-corrected chi connectivity index (χ0v) is 16.5. The number of rotatable bonds is 9. The largest absolute Gasteiger partial charge is 0.481 e. The first-order valence-electron chi connectivity index (χ1n) is 9.96. The van der Waals surface area contributed by atoms with Gasteiger partial charge in [0.1, 0.15) is 0 Å². The van der Waals surface area contributed by atoms with Gasteiger partial charge in [0.15, 0.2) is 5.82 Å². The SMILES string of the molecule is O=C(O)C[C@@H](CCCC1CCCCC1)c1nc(CN2CCCS2(=O)=O)no1. The van der Waals surface area contributed by atoms with Gasteiger partial charge in [-0.25, -0.2) is 8.42 Å². The zero-order chi connectivity index (χ0) is 19.3. The summed E-state index contributed by atoms with van der Waals surface area (Å²) in [5, 5.41) is 13.1. The summed E-state index contributed by atoms with van der Waals surface area (Å²) in [5.74, 6) is 0.316. The van der Waals surface area contributed by atoms with E-state index in [1.165, 1.54) is 36.4 Å². The number of sulfonamides is 1. The van der Waals surface area contributed by atoms with Crippen molar-refractivity contribution in [3.63, 3.8) is 0 Å². The molecule has 1 aliphatic heterocycles. The van der Waals surface area contributed by atoms with Crippen molar-refractivity contribution in [3.8, 4) is 0 Å². The van der Waals surface area contributed by atoms with Crippen molar-refractivity contribution in [1.29, 1.82) is 0 Å². The number of aromatic nitrogens is 2. The Morgan fingerprint density at radius 3 is 2.70 bits per heavy atom. The van der Waals surface area contributed by atoms with Crippen LogP contribution in [0.25, 0.3) is 0 Å². The first-order chi connectivity index (χ1) is 12.9. The first-order valence-corrected chi connectivity index (χ1v) is 11.6. The quantitative estimate of drug-likeness (QED) is 0.679. The molecule has 3 rings (SSSR count). The molecule has 1 N–H and O–H groups in total. The number of carbonyl (C=O) groups is 1. The fourth-order valence-corrected chi connectivity index (χ4v) is 5.65. The van der Waals surface area contributed by atoms with Crippen LogP contribution >= 0.6 is 0 Å². The van der Waals surface area contributed by atoms with Gasteiger partial charge in [0.25, 0.3) is 0 Å². The summed E-state index contributed by atoms with van der Waals surface area (Å²) in [6.45, 7) is 0.555. The lowest BCUT2D eigenvalue weighted by Crippen LogP contribution is -2.25. The van der Waals surface area contributed by atoms with Crippen LogP contribution in [-0.2, 0) is 21.4 Å². The highest BCUT2D eigenvalue weighted by Gasteiger charge is 2.30. The molecule has 27 heavy (non-hydrogen) atoms. The van der Waals surface area contributed by atoms with Crippen molar-refractivity contribution in [2.24, 2.45) is 5.92 Å². The average Bonchev–Trinajstić information content (AvgIpc) is 3.22. The van der Waals surface area contributed by atoms with Gasteiger partial charge in [-0.3, -0.25) is 4.79 Å². The summed E-state index contributed by atoms with van der Waals surface area (Å²) < 4.78 is 30.5. The van der Waals surface area contributed by atoms with Crippen molar-refractivity contribution in [2.75, 3.05) is 12.3 Å². The van der Waals surface area contributed by atoms with Crippen LogP contribution in [0.15, 0.2) is 4.52 Å². The lowest BCUT2D eigenvalue weighted by molar-refractivity contribution is -0.137. The molecule has 1 aromatic heterocycles. The topological polar surface area (TPSA) is 114 Å². The first kappa shape index (κ1) is 20.3. The van der Waals surface area contributed by atoms with Gasteiger partial charge in [-0.15, -0.1) is 0 Å². The standard InChI is InChI=1S/C18H29N3O5S/c22-17(23)12-15(9-4-8-14-6-2-1-3-7-14)18-19-16(20-26-18)13-21-10-5-11-27(21,24)25/h14-15H,1-13H2,(H,22,23)/t15-/m1/s1. The Hall–Kier alpha value is -1.48. The molecule has 2 heterocycles. The van der Waals surface area contributed by atoms with Gasteiger partial charge in [-0.05, 0) is 18.8 Å². The second kappa shape index (κ2) is 9.14. The molecule has 0 amide bonds. The van der Waals surface area contributed by atoms with Crippen molar-refractivity contribution in [2.45, 2.75) is 76.7 Å². The van der Waals surface area contributed by atoms with Crippen molar-refractivity contribution >= 4 is 16.0 Å².